The van der Waals surface area contributed by atoms with Crippen molar-refractivity contribution < 1.29 is 14.0 Å². The summed E-state index contributed by atoms with van der Waals surface area (Å²) in [6, 6.07) is 17.6. The third-order valence-corrected chi connectivity index (χ3v) is 5.90. The van der Waals surface area contributed by atoms with Gasteiger partial charge in [0.1, 0.15) is 16.3 Å². The Bertz CT molecular complexity index is 1320. The molecule has 0 bridgehead atoms. The van der Waals surface area contributed by atoms with Gasteiger partial charge in [-0.1, -0.05) is 23.4 Å². The first-order valence-corrected chi connectivity index (χ1v) is 10.1. The van der Waals surface area contributed by atoms with E-state index in [1.165, 1.54) is 0 Å². The van der Waals surface area contributed by atoms with Crippen molar-refractivity contribution in [1.82, 2.24) is 19.9 Å². The number of hydrogen-bond donors (Lipinski definition) is 0. The minimum absolute atomic E-state index is 0.404. The summed E-state index contributed by atoms with van der Waals surface area (Å²) in [5.74, 6) is 2.25. The molecule has 0 amide bonds. The third kappa shape index (κ3) is 3.11. The first-order valence-electron chi connectivity index (χ1n) is 9.28. The number of thiophene rings is 1. The van der Waals surface area contributed by atoms with E-state index < -0.39 is 0 Å². The van der Waals surface area contributed by atoms with E-state index in [1.54, 1.807) is 31.6 Å². The molecule has 0 unspecified atom stereocenters. The normalized spacial score (nSPS) is 11.2. The first kappa shape index (κ1) is 18.4. The van der Waals surface area contributed by atoms with Crippen LogP contribution in [0.2, 0.25) is 0 Å². The Morgan fingerprint density at radius 2 is 1.70 bits per heavy atom. The summed E-state index contributed by atoms with van der Waals surface area (Å²) in [5.41, 5.74) is 2.71. The Hall–Kier alpha value is -3.65. The van der Waals surface area contributed by atoms with Crippen molar-refractivity contribution in [3.63, 3.8) is 0 Å². The second-order valence-electron chi connectivity index (χ2n) is 6.69. The number of ether oxygens (including phenoxy) is 2. The summed E-state index contributed by atoms with van der Waals surface area (Å²) in [6.07, 6.45) is 0. The van der Waals surface area contributed by atoms with Gasteiger partial charge in [0.05, 0.1) is 30.5 Å². The summed E-state index contributed by atoms with van der Waals surface area (Å²) < 4.78 is 18.1. The zero-order valence-electron chi connectivity index (χ0n) is 16.6. The Morgan fingerprint density at radius 3 is 2.40 bits per heavy atom. The van der Waals surface area contributed by atoms with Gasteiger partial charge in [0, 0.05) is 17.0 Å². The smallest absolute Gasteiger partial charge is 0.258 e. The monoisotopic (exact) mass is 418 g/mol. The molecule has 0 spiro atoms. The van der Waals surface area contributed by atoms with E-state index >= 15 is 0 Å². The summed E-state index contributed by atoms with van der Waals surface area (Å²) >= 11 is 1.58. The molecule has 2 aromatic carbocycles. The maximum absolute atomic E-state index is 5.53. The van der Waals surface area contributed by atoms with E-state index in [9.17, 15) is 0 Å². The van der Waals surface area contributed by atoms with Gasteiger partial charge in [-0.25, -0.2) is 4.68 Å². The number of nitrogens with zero attached hydrogens (tertiary/aromatic N) is 4. The molecule has 0 saturated heterocycles. The second-order valence-corrected chi connectivity index (χ2v) is 7.72. The highest BCUT2D eigenvalue weighted by atomic mass is 32.1. The lowest BCUT2D eigenvalue weighted by molar-refractivity contribution is 0.393. The van der Waals surface area contributed by atoms with E-state index in [0.29, 0.717) is 23.2 Å². The molecule has 8 heteroatoms. The second kappa shape index (κ2) is 7.31. The van der Waals surface area contributed by atoms with Gasteiger partial charge in [-0.15, -0.1) is 11.3 Å². The Labute approximate surface area is 176 Å². The molecule has 5 rings (SSSR count). The summed E-state index contributed by atoms with van der Waals surface area (Å²) in [6.45, 7) is 2.00. The molecule has 0 fully saturated rings. The largest absolute Gasteiger partial charge is 0.497 e. The average Bonchev–Trinajstić information content (AvgIpc) is 3.50. The quantitative estimate of drug-likeness (QED) is 0.394. The Morgan fingerprint density at radius 1 is 0.967 bits per heavy atom. The van der Waals surface area contributed by atoms with Crippen molar-refractivity contribution in [2.45, 2.75) is 6.92 Å². The van der Waals surface area contributed by atoms with Crippen molar-refractivity contribution in [3.05, 3.63) is 60.3 Å². The van der Waals surface area contributed by atoms with Gasteiger partial charge in [-0.05, 0) is 37.3 Å². The molecule has 3 aromatic heterocycles. The van der Waals surface area contributed by atoms with Crippen LogP contribution in [0.25, 0.3) is 38.1 Å². The molecular formula is C22H18N4O3S. The summed E-state index contributed by atoms with van der Waals surface area (Å²) in [5, 5.41) is 9.95. The number of benzene rings is 2. The molecule has 30 heavy (non-hydrogen) atoms. The maximum Gasteiger partial charge on any atom is 0.258 e. The molecular weight excluding hydrogens is 400 g/mol. The molecule has 0 aliphatic carbocycles. The van der Waals surface area contributed by atoms with Gasteiger partial charge in [-0.3, -0.25) is 0 Å². The standard InChI is InChI=1S/C22H18N4O3S/c1-13-18-12-19(30-22(18)26(24-13)15-7-5-4-6-8-15)20-23-21(29-25-20)14-9-16(27-2)11-17(10-14)28-3/h4-12H,1-3H3. The van der Waals surface area contributed by atoms with Crippen LogP contribution in [0.15, 0.2) is 59.1 Å². The molecule has 7 nitrogen and oxygen atoms in total. The summed E-state index contributed by atoms with van der Waals surface area (Å²) in [4.78, 5) is 6.56. The topological polar surface area (TPSA) is 75.2 Å². The van der Waals surface area contributed by atoms with Crippen LogP contribution >= 0.6 is 11.3 Å². The van der Waals surface area contributed by atoms with E-state index in [1.807, 2.05) is 54.1 Å². The first-order chi connectivity index (χ1) is 14.7. The van der Waals surface area contributed by atoms with Crippen LogP contribution in [0.3, 0.4) is 0 Å². The molecule has 0 saturated carbocycles. The zero-order chi connectivity index (χ0) is 20.7. The van der Waals surface area contributed by atoms with E-state index in [0.717, 1.165) is 32.0 Å². The van der Waals surface area contributed by atoms with Crippen LogP contribution in [0.5, 0.6) is 11.5 Å². The van der Waals surface area contributed by atoms with Gasteiger partial charge in [0.2, 0.25) is 5.82 Å². The molecule has 0 aliphatic rings. The van der Waals surface area contributed by atoms with Crippen LogP contribution < -0.4 is 9.47 Å². The number of hydrogen-bond acceptors (Lipinski definition) is 7. The minimum atomic E-state index is 0.404. The van der Waals surface area contributed by atoms with E-state index in [-0.39, 0.29) is 0 Å². The Kier molecular flexibility index (Phi) is 4.48. The molecule has 3 heterocycles. The predicted octanol–water partition coefficient (Wildman–Crippen LogP) is 5.13. The number of aromatic nitrogens is 4. The fourth-order valence-electron chi connectivity index (χ4n) is 3.27. The molecule has 0 aliphatic heterocycles. The lowest BCUT2D eigenvalue weighted by Crippen LogP contribution is -1.94. The summed E-state index contributed by atoms with van der Waals surface area (Å²) in [7, 11) is 3.21. The number of para-hydroxylation sites is 1. The van der Waals surface area contributed by atoms with Crippen molar-refractivity contribution in [2.24, 2.45) is 0 Å². The van der Waals surface area contributed by atoms with Gasteiger partial charge in [0.25, 0.3) is 5.89 Å². The highest BCUT2D eigenvalue weighted by Gasteiger charge is 2.18. The molecule has 150 valence electrons. The highest BCUT2D eigenvalue weighted by molar-refractivity contribution is 7.21. The highest BCUT2D eigenvalue weighted by Crippen LogP contribution is 2.36. The molecule has 0 atom stereocenters. The van der Waals surface area contributed by atoms with Crippen molar-refractivity contribution in [1.29, 1.82) is 0 Å². The van der Waals surface area contributed by atoms with Gasteiger partial charge >= 0.3 is 0 Å². The van der Waals surface area contributed by atoms with Gasteiger partial charge < -0.3 is 14.0 Å². The maximum atomic E-state index is 5.53. The van der Waals surface area contributed by atoms with Crippen molar-refractivity contribution in [3.8, 4) is 39.3 Å². The van der Waals surface area contributed by atoms with Crippen LogP contribution in [-0.4, -0.2) is 34.1 Å². The van der Waals surface area contributed by atoms with Crippen LogP contribution in [-0.2, 0) is 0 Å². The van der Waals surface area contributed by atoms with Crippen molar-refractivity contribution >= 4 is 21.6 Å². The van der Waals surface area contributed by atoms with Gasteiger partial charge in [0.15, 0.2) is 0 Å². The SMILES string of the molecule is COc1cc(OC)cc(-c2nc(-c3cc4c(C)nn(-c5ccccc5)c4s3)no2)c1. The fourth-order valence-corrected chi connectivity index (χ4v) is 4.38. The number of fused-ring (bicyclic) bond motifs is 1. The van der Waals surface area contributed by atoms with Gasteiger partial charge in [-0.2, -0.15) is 10.1 Å². The lowest BCUT2D eigenvalue weighted by atomic mass is 10.2. The number of methoxy groups -OCH3 is 2. The van der Waals surface area contributed by atoms with Crippen LogP contribution in [0, 0.1) is 6.92 Å². The minimum Gasteiger partial charge on any atom is -0.497 e. The average molecular weight is 418 g/mol. The number of rotatable bonds is 5. The number of aryl methyl sites for hydroxylation is 1. The molecule has 0 N–H and O–H groups in total. The zero-order valence-corrected chi connectivity index (χ0v) is 17.4. The Balaban J connectivity index is 1.56. The van der Waals surface area contributed by atoms with Crippen LogP contribution in [0.4, 0.5) is 0 Å². The van der Waals surface area contributed by atoms with E-state index in [2.05, 4.69) is 21.3 Å². The third-order valence-electron chi connectivity index (χ3n) is 4.79. The van der Waals surface area contributed by atoms with Crippen molar-refractivity contribution in [2.75, 3.05) is 14.2 Å². The lowest BCUT2D eigenvalue weighted by Gasteiger charge is -2.05. The van der Waals surface area contributed by atoms with E-state index in [4.69, 9.17) is 14.0 Å². The molecule has 5 aromatic rings. The predicted molar refractivity (Wildman–Crippen MR) is 116 cm³/mol. The van der Waals surface area contributed by atoms with Crippen LogP contribution in [0.1, 0.15) is 5.69 Å². The fraction of sp³-hybridized carbons (Fsp3) is 0.136. The molecule has 0 radical (unpaired) electrons.